The fraction of sp³-hybridized carbons (Fsp3) is 0.281. The first-order valence-electron chi connectivity index (χ1n) is 12.9. The molecule has 8 heteroatoms. The number of Topliss-reactive ketones (excluding diaryl/α,β-unsaturated/α-hetero) is 3. The Hall–Kier alpha value is -3.71. The Morgan fingerprint density at radius 3 is 2.05 bits per heavy atom. The first-order valence-corrected chi connectivity index (χ1v) is 13.3. The van der Waals surface area contributed by atoms with Crippen LogP contribution in [0, 0.1) is 10.8 Å². The molecule has 0 amide bonds. The van der Waals surface area contributed by atoms with Crippen LogP contribution in [0.5, 0.6) is 0 Å². The van der Waals surface area contributed by atoms with E-state index in [-0.39, 0.29) is 16.9 Å². The fourth-order valence-corrected chi connectivity index (χ4v) is 6.82. The monoisotopic (exact) mass is 563 g/mol. The summed E-state index contributed by atoms with van der Waals surface area (Å²) in [4.78, 5) is 45.1. The van der Waals surface area contributed by atoms with Crippen LogP contribution in [0.15, 0.2) is 72.8 Å². The number of benzene rings is 3. The Balaban J connectivity index is 1.67. The average Bonchev–Trinajstić information content (AvgIpc) is 3.33. The highest BCUT2D eigenvalue weighted by Gasteiger charge is 2.71. The predicted octanol–water partition coefficient (Wildman–Crippen LogP) is 7.41. The lowest BCUT2D eigenvalue weighted by Gasteiger charge is -2.38. The van der Waals surface area contributed by atoms with Gasteiger partial charge in [-0.05, 0) is 41.5 Å². The van der Waals surface area contributed by atoms with E-state index in [1.165, 1.54) is 12.1 Å². The number of fused-ring (bicyclic) bond motifs is 5. The van der Waals surface area contributed by atoms with Crippen LogP contribution < -0.4 is 4.90 Å². The number of alkyl halides is 3. The van der Waals surface area contributed by atoms with Crippen molar-refractivity contribution >= 4 is 40.7 Å². The molecule has 0 aromatic heterocycles. The van der Waals surface area contributed by atoms with Crippen molar-refractivity contribution in [2.45, 2.75) is 44.9 Å². The molecule has 0 N–H and O–H groups in total. The van der Waals surface area contributed by atoms with Crippen molar-refractivity contribution in [2.75, 3.05) is 4.90 Å². The number of nitrogens with zero attached hydrogens (tertiary/aromatic N) is 1. The van der Waals surface area contributed by atoms with Gasteiger partial charge in [0.05, 0.1) is 17.6 Å². The highest BCUT2D eigenvalue weighted by molar-refractivity contribution is 6.32. The van der Waals surface area contributed by atoms with Gasteiger partial charge < -0.3 is 4.90 Å². The van der Waals surface area contributed by atoms with Crippen molar-refractivity contribution in [2.24, 2.45) is 10.8 Å². The van der Waals surface area contributed by atoms with Crippen LogP contribution in [0.25, 0.3) is 6.08 Å². The van der Waals surface area contributed by atoms with Gasteiger partial charge in [-0.3, -0.25) is 14.4 Å². The summed E-state index contributed by atoms with van der Waals surface area (Å²) in [6, 6.07) is 14.3. The third-order valence-corrected chi connectivity index (χ3v) is 8.61. The number of carbonyl (C=O) groups is 3. The number of hydrogen-bond donors (Lipinski definition) is 0. The van der Waals surface area contributed by atoms with Gasteiger partial charge in [0.2, 0.25) is 0 Å². The maximum atomic E-state index is 14.5. The van der Waals surface area contributed by atoms with Crippen LogP contribution in [0.2, 0.25) is 5.02 Å². The molecule has 1 aliphatic carbocycles. The summed E-state index contributed by atoms with van der Waals surface area (Å²) in [5, 5.41) is 0.481. The molecule has 0 saturated carbocycles. The van der Waals surface area contributed by atoms with Gasteiger partial charge in [0.15, 0.2) is 17.3 Å². The number of hydrogen-bond acceptors (Lipinski definition) is 4. The molecule has 2 aliphatic heterocycles. The van der Waals surface area contributed by atoms with E-state index >= 15 is 0 Å². The van der Waals surface area contributed by atoms with Crippen LogP contribution in [0.4, 0.5) is 18.9 Å². The lowest BCUT2D eigenvalue weighted by atomic mass is 9.63. The summed E-state index contributed by atoms with van der Waals surface area (Å²) in [6.45, 7) is 5.28. The molecular weight excluding hydrogens is 539 g/mol. The number of carbonyl (C=O) groups excluding carboxylic acids is 3. The van der Waals surface area contributed by atoms with Gasteiger partial charge in [0.25, 0.3) is 0 Å². The maximum absolute atomic E-state index is 14.5. The zero-order valence-electron chi connectivity index (χ0n) is 21.9. The molecule has 1 saturated heterocycles. The molecule has 40 heavy (non-hydrogen) atoms. The molecular formula is C32H25ClF3NO3. The Morgan fingerprint density at radius 1 is 0.900 bits per heavy atom. The zero-order chi connectivity index (χ0) is 28.8. The lowest BCUT2D eigenvalue weighted by molar-refractivity contribution is -0.137. The topological polar surface area (TPSA) is 54.5 Å². The quantitative estimate of drug-likeness (QED) is 0.305. The zero-order valence-corrected chi connectivity index (χ0v) is 22.7. The third-order valence-electron chi connectivity index (χ3n) is 8.37. The minimum absolute atomic E-state index is 0.230. The molecule has 3 aromatic rings. The largest absolute Gasteiger partial charge is 0.416 e. The Bertz CT molecular complexity index is 1580. The molecule has 0 radical (unpaired) electrons. The van der Waals surface area contributed by atoms with Crippen molar-refractivity contribution in [3.05, 3.63) is 106 Å². The van der Waals surface area contributed by atoms with Crippen LogP contribution in [0.3, 0.4) is 0 Å². The minimum Gasteiger partial charge on any atom is -0.352 e. The molecule has 204 valence electrons. The number of halogens is 4. The Morgan fingerprint density at radius 2 is 1.50 bits per heavy atom. The van der Waals surface area contributed by atoms with Crippen molar-refractivity contribution in [1.29, 1.82) is 0 Å². The van der Waals surface area contributed by atoms with Gasteiger partial charge in [-0.1, -0.05) is 80.9 Å². The molecule has 1 spiro atoms. The molecule has 3 atom stereocenters. The number of rotatable bonds is 2. The summed E-state index contributed by atoms with van der Waals surface area (Å²) >= 11 is 6.28. The molecule has 4 nitrogen and oxygen atoms in total. The normalized spacial score (nSPS) is 22.9. The highest BCUT2D eigenvalue weighted by atomic mass is 35.5. The van der Waals surface area contributed by atoms with Gasteiger partial charge in [-0.25, -0.2) is 0 Å². The van der Waals surface area contributed by atoms with Crippen LogP contribution in [-0.2, 0) is 11.0 Å². The van der Waals surface area contributed by atoms with E-state index in [4.69, 9.17) is 11.6 Å². The standard InChI is InChI=1S/C32H25ClF3NO3/c1-30(2,3)29(40)26-25(17-8-11-19(12-9-17)32(34,35)36)31(27(38)21-6-4-5-7-22(21)28(31)39)24-15-10-18-16-20(33)13-14-23(18)37(24)26/h4-16,24-26H,1-3H3/t24-,25+,26-/m0/s1. The minimum atomic E-state index is -4.57. The molecule has 3 aromatic carbocycles. The third kappa shape index (κ3) is 3.56. The number of anilines is 1. The maximum Gasteiger partial charge on any atom is 0.416 e. The second kappa shape index (κ2) is 8.64. The SMILES string of the molecule is CC(C)(C)C(=O)[C@@H]1[C@@H](c2ccc(C(F)(F)F)cc2)C2(C(=O)c3ccccc3C2=O)[C@@H]2C=Cc3cc(Cl)ccc3N12. The van der Waals surface area contributed by atoms with E-state index in [0.29, 0.717) is 21.8 Å². The van der Waals surface area contributed by atoms with E-state index < -0.39 is 52.1 Å². The molecule has 3 aliphatic rings. The van der Waals surface area contributed by atoms with Gasteiger partial charge in [0, 0.05) is 33.2 Å². The van der Waals surface area contributed by atoms with Crippen molar-refractivity contribution in [1.82, 2.24) is 0 Å². The van der Waals surface area contributed by atoms with Gasteiger partial charge >= 0.3 is 6.18 Å². The molecule has 2 heterocycles. The van der Waals surface area contributed by atoms with E-state index in [0.717, 1.165) is 12.1 Å². The summed E-state index contributed by atoms with van der Waals surface area (Å²) in [6.07, 6.45) is -1.02. The smallest absolute Gasteiger partial charge is 0.352 e. The molecule has 6 rings (SSSR count). The summed E-state index contributed by atoms with van der Waals surface area (Å²) in [5.41, 5.74) is -1.33. The first kappa shape index (κ1) is 26.5. The van der Waals surface area contributed by atoms with E-state index in [1.807, 2.05) is 4.90 Å². The second-order valence-corrected chi connectivity index (χ2v) is 12.1. The van der Waals surface area contributed by atoms with Crippen LogP contribution in [-0.4, -0.2) is 29.4 Å². The van der Waals surface area contributed by atoms with E-state index in [9.17, 15) is 27.6 Å². The number of ketones is 3. The van der Waals surface area contributed by atoms with Crippen molar-refractivity contribution in [3.8, 4) is 0 Å². The molecule has 0 unspecified atom stereocenters. The highest BCUT2D eigenvalue weighted by Crippen LogP contribution is 2.61. The summed E-state index contributed by atoms with van der Waals surface area (Å²) in [7, 11) is 0. The van der Waals surface area contributed by atoms with Gasteiger partial charge in [-0.2, -0.15) is 13.2 Å². The first-order chi connectivity index (χ1) is 18.8. The summed E-state index contributed by atoms with van der Waals surface area (Å²) < 4.78 is 40.5. The second-order valence-electron chi connectivity index (χ2n) is 11.6. The van der Waals surface area contributed by atoms with Crippen LogP contribution >= 0.6 is 11.6 Å². The van der Waals surface area contributed by atoms with Crippen LogP contribution in [0.1, 0.15) is 64.1 Å². The molecule has 0 bridgehead atoms. The predicted molar refractivity (Wildman–Crippen MR) is 147 cm³/mol. The fourth-order valence-electron chi connectivity index (χ4n) is 6.64. The van der Waals surface area contributed by atoms with E-state index in [1.54, 1.807) is 75.4 Å². The average molecular weight is 564 g/mol. The molecule has 1 fully saturated rings. The Labute approximate surface area is 234 Å². The summed E-state index contributed by atoms with van der Waals surface area (Å²) in [5.74, 6) is -2.14. The van der Waals surface area contributed by atoms with E-state index in [2.05, 4.69) is 0 Å². The Kier molecular flexibility index (Phi) is 5.73. The lowest BCUT2D eigenvalue weighted by Crippen LogP contribution is -2.49. The van der Waals surface area contributed by atoms with Gasteiger partial charge in [-0.15, -0.1) is 0 Å². The van der Waals surface area contributed by atoms with Gasteiger partial charge in [0.1, 0.15) is 5.41 Å². The van der Waals surface area contributed by atoms with Crippen molar-refractivity contribution in [3.63, 3.8) is 0 Å². The van der Waals surface area contributed by atoms with Crippen molar-refractivity contribution < 1.29 is 27.6 Å².